The van der Waals surface area contributed by atoms with Gasteiger partial charge in [0, 0.05) is 6.54 Å². The molecule has 1 unspecified atom stereocenters. The van der Waals surface area contributed by atoms with Crippen LogP contribution in [0.3, 0.4) is 0 Å². The molecule has 1 N–H and O–H groups in total. The van der Waals surface area contributed by atoms with E-state index in [1.165, 1.54) is 45.1 Å². The Balaban J connectivity index is 3.90. The monoisotopic (exact) mass is 227 g/mol. The molecular weight excluding hydrogens is 194 g/mol. The van der Waals surface area contributed by atoms with Crippen LogP contribution >= 0.6 is 0 Å². The Bertz CT molecular complexity index is 154. The molecule has 0 saturated carbocycles. The van der Waals surface area contributed by atoms with Crippen LogP contribution in [0.15, 0.2) is 0 Å². The summed E-state index contributed by atoms with van der Waals surface area (Å²) in [6, 6.07) is 0. The molecule has 0 aromatic carbocycles. The summed E-state index contributed by atoms with van der Waals surface area (Å²) < 4.78 is 0. The molecule has 16 heavy (non-hydrogen) atoms. The highest BCUT2D eigenvalue weighted by molar-refractivity contribution is 4.76. The van der Waals surface area contributed by atoms with Gasteiger partial charge in [-0.2, -0.15) is 0 Å². The van der Waals surface area contributed by atoms with E-state index in [0.29, 0.717) is 5.41 Å². The Hall–Kier alpha value is -0.0400. The highest BCUT2D eigenvalue weighted by Crippen LogP contribution is 2.29. The summed E-state index contributed by atoms with van der Waals surface area (Å²) in [5, 5.41) is 3.64. The van der Waals surface area contributed by atoms with E-state index in [1.54, 1.807) is 0 Å². The molecule has 1 atom stereocenters. The predicted molar refractivity (Wildman–Crippen MR) is 74.9 cm³/mol. The van der Waals surface area contributed by atoms with E-state index in [-0.39, 0.29) is 0 Å². The van der Waals surface area contributed by atoms with Crippen LogP contribution in [0.1, 0.15) is 73.1 Å². The third kappa shape index (κ3) is 8.15. The Morgan fingerprint density at radius 1 is 1.00 bits per heavy atom. The van der Waals surface area contributed by atoms with E-state index < -0.39 is 0 Å². The van der Waals surface area contributed by atoms with Crippen LogP contribution in [0.4, 0.5) is 0 Å². The van der Waals surface area contributed by atoms with Crippen LogP contribution in [-0.2, 0) is 0 Å². The average molecular weight is 227 g/mol. The van der Waals surface area contributed by atoms with Crippen molar-refractivity contribution < 1.29 is 0 Å². The van der Waals surface area contributed by atoms with Gasteiger partial charge in [0.25, 0.3) is 0 Å². The molecule has 0 amide bonds. The molecule has 1 heteroatoms. The molecule has 0 saturated heterocycles. The van der Waals surface area contributed by atoms with Crippen LogP contribution in [0.25, 0.3) is 0 Å². The van der Waals surface area contributed by atoms with Crippen LogP contribution in [-0.4, -0.2) is 13.1 Å². The number of hydrogen-bond acceptors (Lipinski definition) is 1. The van der Waals surface area contributed by atoms with Gasteiger partial charge >= 0.3 is 0 Å². The van der Waals surface area contributed by atoms with Gasteiger partial charge < -0.3 is 5.32 Å². The quantitative estimate of drug-likeness (QED) is 0.537. The smallest absolute Gasteiger partial charge is 0.000527 e. The van der Waals surface area contributed by atoms with E-state index in [9.17, 15) is 0 Å². The second kappa shape index (κ2) is 9.04. The topological polar surface area (TPSA) is 12.0 Å². The Morgan fingerprint density at radius 2 is 1.69 bits per heavy atom. The molecule has 98 valence electrons. The summed E-state index contributed by atoms with van der Waals surface area (Å²) in [5.41, 5.74) is 0.527. The molecule has 0 heterocycles. The Kier molecular flexibility index (Phi) is 9.02. The van der Waals surface area contributed by atoms with Gasteiger partial charge in [0.05, 0.1) is 0 Å². The molecule has 0 rings (SSSR count). The van der Waals surface area contributed by atoms with Crippen molar-refractivity contribution in [2.75, 3.05) is 13.1 Å². The van der Waals surface area contributed by atoms with Crippen LogP contribution in [0, 0.1) is 11.3 Å². The standard InChI is InChI=1S/C15H33N/c1-6-8-9-11-15(5,10-7-2)13-16-12-14(3)4/h14,16H,6-13H2,1-5H3. The third-order valence-electron chi connectivity index (χ3n) is 3.34. The van der Waals surface area contributed by atoms with Crippen LogP contribution in [0.5, 0.6) is 0 Å². The van der Waals surface area contributed by atoms with Crippen LogP contribution in [0.2, 0.25) is 0 Å². The lowest BCUT2D eigenvalue weighted by Gasteiger charge is -2.30. The summed E-state index contributed by atoms with van der Waals surface area (Å²) in [6.45, 7) is 14.0. The van der Waals surface area contributed by atoms with Gasteiger partial charge in [-0.25, -0.2) is 0 Å². The SMILES string of the molecule is CCCCCC(C)(CCC)CNCC(C)C. The van der Waals surface area contributed by atoms with Crippen molar-refractivity contribution in [3.05, 3.63) is 0 Å². The lowest BCUT2D eigenvalue weighted by molar-refractivity contribution is 0.243. The molecule has 0 spiro atoms. The zero-order valence-corrected chi connectivity index (χ0v) is 12.2. The van der Waals surface area contributed by atoms with Crippen molar-refractivity contribution in [3.63, 3.8) is 0 Å². The normalized spacial score (nSPS) is 15.4. The van der Waals surface area contributed by atoms with Crippen molar-refractivity contribution >= 4 is 0 Å². The average Bonchev–Trinajstić information content (AvgIpc) is 2.18. The second-order valence-corrected chi connectivity index (χ2v) is 6.04. The first kappa shape index (κ1) is 16.0. The third-order valence-corrected chi connectivity index (χ3v) is 3.34. The molecule has 0 aliphatic carbocycles. The molecule has 0 fully saturated rings. The molecule has 0 aromatic heterocycles. The second-order valence-electron chi connectivity index (χ2n) is 6.04. The van der Waals surface area contributed by atoms with Crippen molar-refractivity contribution in [2.45, 2.75) is 73.1 Å². The summed E-state index contributed by atoms with van der Waals surface area (Å²) in [5.74, 6) is 0.765. The van der Waals surface area contributed by atoms with E-state index >= 15 is 0 Å². The van der Waals surface area contributed by atoms with Gasteiger partial charge in [0.15, 0.2) is 0 Å². The number of unbranched alkanes of at least 4 members (excludes halogenated alkanes) is 2. The van der Waals surface area contributed by atoms with Crippen molar-refractivity contribution in [1.82, 2.24) is 5.32 Å². The molecule has 0 aromatic rings. The fourth-order valence-electron chi connectivity index (χ4n) is 2.37. The zero-order chi connectivity index (χ0) is 12.4. The van der Waals surface area contributed by atoms with Crippen molar-refractivity contribution in [1.29, 1.82) is 0 Å². The first-order valence-corrected chi connectivity index (χ1v) is 7.24. The Morgan fingerprint density at radius 3 is 2.19 bits per heavy atom. The van der Waals surface area contributed by atoms with Gasteiger partial charge in [0.2, 0.25) is 0 Å². The maximum Gasteiger partial charge on any atom is 0.000527 e. The summed E-state index contributed by atoms with van der Waals surface area (Å²) in [6.07, 6.45) is 8.19. The maximum absolute atomic E-state index is 3.64. The van der Waals surface area contributed by atoms with E-state index in [1.807, 2.05) is 0 Å². The highest BCUT2D eigenvalue weighted by atomic mass is 14.9. The number of hydrogen-bond donors (Lipinski definition) is 1. The van der Waals surface area contributed by atoms with Gasteiger partial charge in [-0.05, 0) is 30.7 Å². The minimum absolute atomic E-state index is 0.527. The van der Waals surface area contributed by atoms with E-state index in [0.717, 1.165) is 12.5 Å². The van der Waals surface area contributed by atoms with Crippen molar-refractivity contribution in [3.8, 4) is 0 Å². The first-order valence-electron chi connectivity index (χ1n) is 7.24. The number of nitrogens with one attached hydrogen (secondary N) is 1. The van der Waals surface area contributed by atoms with Gasteiger partial charge in [0.1, 0.15) is 0 Å². The highest BCUT2D eigenvalue weighted by Gasteiger charge is 2.22. The van der Waals surface area contributed by atoms with Gasteiger partial charge in [-0.1, -0.05) is 60.3 Å². The molecule has 0 bridgehead atoms. The lowest BCUT2D eigenvalue weighted by atomic mass is 9.80. The van der Waals surface area contributed by atoms with E-state index in [4.69, 9.17) is 0 Å². The predicted octanol–water partition coefficient (Wildman–Crippen LogP) is 4.62. The number of rotatable bonds is 10. The fraction of sp³-hybridized carbons (Fsp3) is 1.00. The molecule has 0 aliphatic rings. The maximum atomic E-state index is 3.64. The van der Waals surface area contributed by atoms with Crippen molar-refractivity contribution in [2.24, 2.45) is 11.3 Å². The van der Waals surface area contributed by atoms with E-state index in [2.05, 4.69) is 39.9 Å². The molecular formula is C15H33N. The van der Waals surface area contributed by atoms with Gasteiger partial charge in [-0.15, -0.1) is 0 Å². The minimum atomic E-state index is 0.527. The fourth-order valence-corrected chi connectivity index (χ4v) is 2.37. The molecule has 0 aliphatic heterocycles. The van der Waals surface area contributed by atoms with Gasteiger partial charge in [-0.3, -0.25) is 0 Å². The Labute approximate surface area is 103 Å². The summed E-state index contributed by atoms with van der Waals surface area (Å²) in [7, 11) is 0. The van der Waals surface area contributed by atoms with Crippen LogP contribution < -0.4 is 5.32 Å². The largest absolute Gasteiger partial charge is 0.316 e. The molecule has 0 radical (unpaired) electrons. The zero-order valence-electron chi connectivity index (χ0n) is 12.2. The lowest BCUT2D eigenvalue weighted by Crippen LogP contribution is -2.33. The minimum Gasteiger partial charge on any atom is -0.316 e. The molecule has 1 nitrogen and oxygen atoms in total. The summed E-state index contributed by atoms with van der Waals surface area (Å²) in [4.78, 5) is 0. The summed E-state index contributed by atoms with van der Waals surface area (Å²) >= 11 is 0. The first-order chi connectivity index (χ1) is 7.54.